The summed E-state index contributed by atoms with van der Waals surface area (Å²) in [4.78, 5) is 27.3. The number of aromatic nitrogens is 2. The van der Waals surface area contributed by atoms with Gasteiger partial charge in [0.2, 0.25) is 5.91 Å². The van der Waals surface area contributed by atoms with Gasteiger partial charge in [0.05, 0.1) is 11.8 Å². The van der Waals surface area contributed by atoms with Crippen LogP contribution in [0.2, 0.25) is 0 Å². The Hall–Kier alpha value is -1.44. The average Bonchev–Trinajstić information content (AvgIpc) is 3.19. The van der Waals surface area contributed by atoms with Crippen molar-refractivity contribution in [1.29, 1.82) is 0 Å². The molecule has 25 heavy (non-hydrogen) atoms. The average molecular weight is 390 g/mol. The van der Waals surface area contributed by atoms with Crippen molar-refractivity contribution >= 4 is 50.6 Å². The maximum Gasteiger partial charge on any atom is 0.233 e. The van der Waals surface area contributed by atoms with Crippen LogP contribution in [-0.4, -0.2) is 33.1 Å². The Balaban J connectivity index is 1.52. The Kier molecular flexibility index (Phi) is 4.56. The number of amides is 1. The monoisotopic (exact) mass is 389 g/mol. The lowest BCUT2D eigenvalue weighted by molar-refractivity contribution is -0.130. The smallest absolute Gasteiger partial charge is 0.233 e. The van der Waals surface area contributed by atoms with E-state index >= 15 is 0 Å². The van der Waals surface area contributed by atoms with Crippen LogP contribution in [0.25, 0.3) is 10.2 Å². The summed E-state index contributed by atoms with van der Waals surface area (Å²) >= 11 is 5.02. The number of carbonyl (C=O) groups is 1. The molecule has 3 aromatic rings. The van der Waals surface area contributed by atoms with Crippen LogP contribution in [0.1, 0.15) is 33.8 Å². The van der Waals surface area contributed by atoms with Gasteiger partial charge in [0.1, 0.15) is 16.2 Å². The van der Waals surface area contributed by atoms with Gasteiger partial charge in [0.25, 0.3) is 0 Å². The van der Waals surface area contributed by atoms with Crippen molar-refractivity contribution in [1.82, 2.24) is 14.9 Å². The molecule has 1 unspecified atom stereocenters. The SMILES string of the molecule is Cc1sc2ncnc(SCC(=O)N3CCc4sccc4C3C)c2c1C. The van der Waals surface area contributed by atoms with Crippen molar-refractivity contribution in [2.75, 3.05) is 12.3 Å². The van der Waals surface area contributed by atoms with Gasteiger partial charge in [-0.1, -0.05) is 11.8 Å². The maximum absolute atomic E-state index is 12.8. The molecule has 4 heterocycles. The number of thioether (sulfide) groups is 1. The summed E-state index contributed by atoms with van der Waals surface area (Å²) in [5.74, 6) is 0.607. The molecule has 0 N–H and O–H groups in total. The molecule has 0 aliphatic carbocycles. The number of hydrogen-bond donors (Lipinski definition) is 0. The molecule has 7 heteroatoms. The lowest BCUT2D eigenvalue weighted by Crippen LogP contribution is -2.39. The van der Waals surface area contributed by atoms with Gasteiger partial charge in [-0.05, 0) is 49.8 Å². The molecule has 0 radical (unpaired) electrons. The first-order valence-corrected chi connectivity index (χ1v) is 10.9. The van der Waals surface area contributed by atoms with Crippen molar-refractivity contribution < 1.29 is 4.79 Å². The van der Waals surface area contributed by atoms with E-state index in [1.807, 2.05) is 4.90 Å². The molecule has 0 saturated heterocycles. The van der Waals surface area contributed by atoms with E-state index in [1.165, 1.54) is 32.6 Å². The summed E-state index contributed by atoms with van der Waals surface area (Å²) in [6.07, 6.45) is 2.57. The second-order valence-corrected chi connectivity index (χ2v) is 9.41. The summed E-state index contributed by atoms with van der Waals surface area (Å²) in [7, 11) is 0. The number of nitrogens with zero attached hydrogens (tertiary/aromatic N) is 3. The van der Waals surface area contributed by atoms with E-state index in [1.54, 1.807) is 29.0 Å². The van der Waals surface area contributed by atoms with Crippen LogP contribution in [-0.2, 0) is 11.2 Å². The lowest BCUT2D eigenvalue weighted by atomic mass is 10.0. The molecule has 3 aromatic heterocycles. The molecule has 0 fully saturated rings. The van der Waals surface area contributed by atoms with Crippen molar-refractivity contribution in [3.05, 3.63) is 38.7 Å². The molecule has 4 nitrogen and oxygen atoms in total. The summed E-state index contributed by atoms with van der Waals surface area (Å²) in [5.41, 5.74) is 2.54. The van der Waals surface area contributed by atoms with Gasteiger partial charge in [-0.25, -0.2) is 9.97 Å². The number of thiophene rings is 2. The van der Waals surface area contributed by atoms with E-state index < -0.39 is 0 Å². The second-order valence-electron chi connectivity index (χ2n) is 6.24. The highest BCUT2D eigenvalue weighted by Crippen LogP contribution is 2.36. The van der Waals surface area contributed by atoms with Crippen molar-refractivity contribution in [3.63, 3.8) is 0 Å². The molecule has 0 spiro atoms. The van der Waals surface area contributed by atoms with Crippen LogP contribution >= 0.6 is 34.4 Å². The molecule has 1 amide bonds. The van der Waals surface area contributed by atoms with Gasteiger partial charge in [-0.2, -0.15) is 0 Å². The summed E-state index contributed by atoms with van der Waals surface area (Å²) in [6, 6.07) is 2.32. The van der Waals surface area contributed by atoms with Crippen LogP contribution in [0.15, 0.2) is 22.8 Å². The predicted octanol–water partition coefficient (Wildman–Crippen LogP) is 4.61. The fourth-order valence-electron chi connectivity index (χ4n) is 3.32. The molecule has 1 aliphatic heterocycles. The third kappa shape index (κ3) is 2.98. The van der Waals surface area contributed by atoms with Gasteiger partial charge < -0.3 is 4.90 Å². The lowest BCUT2D eigenvalue weighted by Gasteiger charge is -2.33. The Morgan fingerprint density at radius 2 is 2.24 bits per heavy atom. The van der Waals surface area contributed by atoms with Crippen LogP contribution in [0.3, 0.4) is 0 Å². The Bertz CT molecular complexity index is 946. The Morgan fingerprint density at radius 3 is 3.08 bits per heavy atom. The van der Waals surface area contributed by atoms with E-state index in [2.05, 4.69) is 42.2 Å². The highest BCUT2D eigenvalue weighted by Gasteiger charge is 2.28. The number of rotatable bonds is 3. The number of hydrogen-bond acceptors (Lipinski definition) is 6. The summed E-state index contributed by atoms with van der Waals surface area (Å²) in [6.45, 7) is 7.15. The standard InChI is InChI=1S/C18H19N3OS3/c1-10-12(3)25-18-16(10)17(19-9-20-18)24-8-15(22)21-6-4-14-13(11(21)2)5-7-23-14/h5,7,9,11H,4,6,8H2,1-3H3. The van der Waals surface area contributed by atoms with Crippen molar-refractivity contribution in [2.45, 2.75) is 38.3 Å². The molecule has 0 saturated carbocycles. The van der Waals surface area contributed by atoms with Crippen molar-refractivity contribution in [2.24, 2.45) is 0 Å². The zero-order chi connectivity index (χ0) is 17.6. The van der Waals surface area contributed by atoms with Crippen LogP contribution in [0, 0.1) is 13.8 Å². The Morgan fingerprint density at radius 1 is 1.40 bits per heavy atom. The van der Waals surface area contributed by atoms with Gasteiger partial charge in [0, 0.05) is 21.7 Å². The predicted molar refractivity (Wildman–Crippen MR) is 106 cm³/mol. The molecule has 0 aromatic carbocycles. The van der Waals surface area contributed by atoms with Crippen LogP contribution in [0.5, 0.6) is 0 Å². The first kappa shape index (κ1) is 17.0. The zero-order valence-corrected chi connectivity index (χ0v) is 16.9. The topological polar surface area (TPSA) is 46.1 Å². The molecule has 0 bridgehead atoms. The number of aryl methyl sites for hydroxylation is 2. The first-order chi connectivity index (χ1) is 12.1. The van der Waals surface area contributed by atoms with E-state index in [0.717, 1.165) is 28.2 Å². The van der Waals surface area contributed by atoms with Gasteiger partial charge in [-0.15, -0.1) is 22.7 Å². The molecular formula is C18H19N3OS3. The fraction of sp³-hybridized carbons (Fsp3) is 0.389. The minimum Gasteiger partial charge on any atom is -0.335 e. The second kappa shape index (κ2) is 6.70. The van der Waals surface area contributed by atoms with Gasteiger partial charge >= 0.3 is 0 Å². The van der Waals surface area contributed by atoms with Crippen LogP contribution < -0.4 is 0 Å². The highest BCUT2D eigenvalue weighted by atomic mass is 32.2. The van der Waals surface area contributed by atoms with Gasteiger partial charge in [-0.3, -0.25) is 4.79 Å². The van der Waals surface area contributed by atoms with Crippen LogP contribution in [0.4, 0.5) is 0 Å². The van der Waals surface area contributed by atoms with Gasteiger partial charge in [0.15, 0.2) is 0 Å². The quantitative estimate of drug-likeness (QED) is 0.485. The summed E-state index contributed by atoms with van der Waals surface area (Å²) < 4.78 is 0. The minimum atomic E-state index is 0.165. The fourth-order valence-corrected chi connectivity index (χ4v) is 6.29. The third-order valence-electron chi connectivity index (χ3n) is 4.86. The third-order valence-corrected chi connectivity index (χ3v) is 7.95. The van der Waals surface area contributed by atoms with E-state index in [0.29, 0.717) is 5.75 Å². The largest absolute Gasteiger partial charge is 0.335 e. The normalized spacial score (nSPS) is 17.1. The van der Waals surface area contributed by atoms with Crippen molar-refractivity contribution in [3.8, 4) is 0 Å². The zero-order valence-electron chi connectivity index (χ0n) is 14.4. The van der Waals surface area contributed by atoms with E-state index in [-0.39, 0.29) is 11.9 Å². The molecule has 1 aliphatic rings. The molecule has 130 valence electrons. The maximum atomic E-state index is 12.8. The molecular weight excluding hydrogens is 370 g/mol. The highest BCUT2D eigenvalue weighted by molar-refractivity contribution is 8.00. The summed E-state index contributed by atoms with van der Waals surface area (Å²) in [5, 5.41) is 4.15. The number of carbonyl (C=O) groups excluding carboxylic acids is 1. The van der Waals surface area contributed by atoms with E-state index in [4.69, 9.17) is 0 Å². The van der Waals surface area contributed by atoms with E-state index in [9.17, 15) is 4.79 Å². The Labute approximate surface area is 159 Å². The molecule has 4 rings (SSSR count). The number of fused-ring (bicyclic) bond motifs is 2. The molecule has 1 atom stereocenters. The minimum absolute atomic E-state index is 0.165. The first-order valence-electron chi connectivity index (χ1n) is 8.25.